The van der Waals surface area contributed by atoms with E-state index in [4.69, 9.17) is 0 Å². The summed E-state index contributed by atoms with van der Waals surface area (Å²) in [6.45, 7) is 2.05. The van der Waals surface area contributed by atoms with E-state index in [-0.39, 0.29) is 5.91 Å². The van der Waals surface area contributed by atoms with Crippen LogP contribution in [0.15, 0.2) is 30.5 Å². The zero-order valence-electron chi connectivity index (χ0n) is 15.0. The molecule has 0 saturated carbocycles. The van der Waals surface area contributed by atoms with Crippen LogP contribution in [0.4, 0.5) is 17.5 Å². The Balaban J connectivity index is 2.05. The summed E-state index contributed by atoms with van der Waals surface area (Å²) < 4.78 is 0. The molecule has 0 unspecified atom stereocenters. The fourth-order valence-corrected chi connectivity index (χ4v) is 2.35. The SMILES string of the molecule is Cc1cccc(CCC(=O)Nc2cnc(N(C)C)nc2N(C)C)c1. The Bertz CT molecular complexity index is 712. The van der Waals surface area contributed by atoms with Crippen molar-refractivity contribution in [2.75, 3.05) is 43.3 Å². The molecule has 1 heterocycles. The topological polar surface area (TPSA) is 61.4 Å². The van der Waals surface area contributed by atoms with Gasteiger partial charge in [0, 0.05) is 34.6 Å². The zero-order chi connectivity index (χ0) is 17.7. The highest BCUT2D eigenvalue weighted by Crippen LogP contribution is 2.23. The van der Waals surface area contributed by atoms with E-state index in [1.165, 1.54) is 5.56 Å². The van der Waals surface area contributed by atoms with Gasteiger partial charge in [-0.2, -0.15) is 4.98 Å². The Hall–Kier alpha value is -2.63. The number of carbonyl (C=O) groups is 1. The first-order valence-electron chi connectivity index (χ1n) is 7.94. The van der Waals surface area contributed by atoms with Gasteiger partial charge in [0.25, 0.3) is 0 Å². The summed E-state index contributed by atoms with van der Waals surface area (Å²) in [5.74, 6) is 1.26. The number of anilines is 3. The number of aryl methyl sites for hydroxylation is 2. The molecule has 0 saturated heterocycles. The number of hydrogen-bond acceptors (Lipinski definition) is 5. The van der Waals surface area contributed by atoms with Crippen LogP contribution in [0.5, 0.6) is 0 Å². The number of amides is 1. The van der Waals surface area contributed by atoms with Crippen molar-refractivity contribution >= 4 is 23.4 Å². The molecule has 1 aromatic heterocycles. The average molecular weight is 327 g/mol. The average Bonchev–Trinajstić information content (AvgIpc) is 2.53. The molecule has 128 valence electrons. The Labute approximate surface area is 143 Å². The van der Waals surface area contributed by atoms with Gasteiger partial charge >= 0.3 is 0 Å². The molecule has 1 amide bonds. The molecular formula is C18H25N5O. The van der Waals surface area contributed by atoms with E-state index in [0.717, 1.165) is 5.56 Å². The van der Waals surface area contributed by atoms with Crippen molar-refractivity contribution in [3.8, 4) is 0 Å². The first kappa shape index (κ1) is 17.7. The quantitative estimate of drug-likeness (QED) is 0.883. The van der Waals surface area contributed by atoms with Crippen molar-refractivity contribution in [3.63, 3.8) is 0 Å². The zero-order valence-corrected chi connectivity index (χ0v) is 15.0. The molecule has 1 N–H and O–H groups in total. The second kappa shape index (κ2) is 7.77. The monoisotopic (exact) mass is 327 g/mol. The van der Waals surface area contributed by atoms with Crippen LogP contribution >= 0.6 is 0 Å². The largest absolute Gasteiger partial charge is 0.361 e. The van der Waals surface area contributed by atoms with E-state index in [1.54, 1.807) is 6.20 Å². The van der Waals surface area contributed by atoms with Crippen LogP contribution in [-0.2, 0) is 11.2 Å². The highest BCUT2D eigenvalue weighted by Gasteiger charge is 2.13. The molecule has 0 aliphatic heterocycles. The van der Waals surface area contributed by atoms with E-state index in [0.29, 0.717) is 30.3 Å². The van der Waals surface area contributed by atoms with Gasteiger partial charge in [-0.25, -0.2) is 4.98 Å². The minimum atomic E-state index is -0.0409. The summed E-state index contributed by atoms with van der Waals surface area (Å²) in [7, 11) is 7.55. The minimum absolute atomic E-state index is 0.0409. The second-order valence-electron chi connectivity index (χ2n) is 6.23. The predicted molar refractivity (Wildman–Crippen MR) is 98.8 cm³/mol. The van der Waals surface area contributed by atoms with E-state index < -0.39 is 0 Å². The number of benzene rings is 1. The summed E-state index contributed by atoms with van der Waals surface area (Å²) in [4.78, 5) is 24.7. The maximum absolute atomic E-state index is 12.3. The Kier molecular flexibility index (Phi) is 5.73. The highest BCUT2D eigenvalue weighted by molar-refractivity contribution is 5.93. The van der Waals surface area contributed by atoms with Crippen molar-refractivity contribution in [1.82, 2.24) is 9.97 Å². The van der Waals surface area contributed by atoms with Gasteiger partial charge in [-0.15, -0.1) is 0 Å². The Morgan fingerprint density at radius 2 is 1.92 bits per heavy atom. The number of aromatic nitrogens is 2. The van der Waals surface area contributed by atoms with Gasteiger partial charge in [-0.3, -0.25) is 4.79 Å². The van der Waals surface area contributed by atoms with Crippen molar-refractivity contribution < 1.29 is 4.79 Å². The van der Waals surface area contributed by atoms with Crippen LogP contribution in [-0.4, -0.2) is 44.1 Å². The number of nitrogens with one attached hydrogen (secondary N) is 1. The normalized spacial score (nSPS) is 10.4. The number of hydrogen-bond donors (Lipinski definition) is 1. The van der Waals surface area contributed by atoms with Crippen LogP contribution in [0.25, 0.3) is 0 Å². The number of carbonyl (C=O) groups excluding carboxylic acids is 1. The van der Waals surface area contributed by atoms with E-state index in [1.807, 2.05) is 50.1 Å². The smallest absolute Gasteiger partial charge is 0.226 e. The van der Waals surface area contributed by atoms with Gasteiger partial charge in [0.15, 0.2) is 5.82 Å². The lowest BCUT2D eigenvalue weighted by Crippen LogP contribution is -2.21. The molecule has 0 bridgehead atoms. The van der Waals surface area contributed by atoms with Crippen LogP contribution < -0.4 is 15.1 Å². The van der Waals surface area contributed by atoms with Crippen molar-refractivity contribution in [2.24, 2.45) is 0 Å². The van der Waals surface area contributed by atoms with Crippen LogP contribution in [0.1, 0.15) is 17.5 Å². The van der Waals surface area contributed by atoms with Gasteiger partial charge in [-0.05, 0) is 18.9 Å². The fraction of sp³-hybridized carbons (Fsp3) is 0.389. The van der Waals surface area contributed by atoms with Crippen LogP contribution in [0, 0.1) is 6.92 Å². The predicted octanol–water partition coefficient (Wildman–Crippen LogP) is 2.49. The molecule has 0 spiro atoms. The highest BCUT2D eigenvalue weighted by atomic mass is 16.1. The lowest BCUT2D eigenvalue weighted by atomic mass is 10.1. The molecule has 24 heavy (non-hydrogen) atoms. The summed E-state index contributed by atoms with van der Waals surface area (Å²) in [5.41, 5.74) is 2.99. The summed E-state index contributed by atoms with van der Waals surface area (Å²) in [6.07, 6.45) is 2.79. The first-order chi connectivity index (χ1) is 11.4. The Morgan fingerprint density at radius 1 is 1.17 bits per heavy atom. The maximum Gasteiger partial charge on any atom is 0.226 e. The lowest BCUT2D eigenvalue weighted by molar-refractivity contribution is -0.116. The Morgan fingerprint density at radius 3 is 2.54 bits per heavy atom. The van der Waals surface area contributed by atoms with Gasteiger partial charge in [0.1, 0.15) is 5.69 Å². The summed E-state index contributed by atoms with van der Waals surface area (Å²) in [6, 6.07) is 8.21. The molecule has 2 aromatic rings. The van der Waals surface area contributed by atoms with E-state index >= 15 is 0 Å². The van der Waals surface area contributed by atoms with Crippen LogP contribution in [0.2, 0.25) is 0 Å². The molecular weight excluding hydrogens is 302 g/mol. The molecule has 0 atom stereocenters. The molecule has 0 radical (unpaired) electrons. The molecule has 1 aromatic carbocycles. The standard InChI is InChI=1S/C18H25N5O/c1-13-7-6-8-14(11-13)9-10-16(24)20-15-12-19-18(23(4)5)21-17(15)22(2)3/h6-8,11-12H,9-10H2,1-5H3,(H,20,24). The first-order valence-corrected chi connectivity index (χ1v) is 7.94. The molecule has 0 aliphatic carbocycles. The van der Waals surface area contributed by atoms with Crippen molar-refractivity contribution in [1.29, 1.82) is 0 Å². The third kappa shape index (κ3) is 4.68. The maximum atomic E-state index is 12.3. The third-order valence-corrected chi connectivity index (χ3v) is 3.58. The lowest BCUT2D eigenvalue weighted by Gasteiger charge is -2.19. The second-order valence-corrected chi connectivity index (χ2v) is 6.23. The fourth-order valence-electron chi connectivity index (χ4n) is 2.35. The van der Waals surface area contributed by atoms with Crippen molar-refractivity contribution in [3.05, 3.63) is 41.6 Å². The molecule has 6 nitrogen and oxygen atoms in total. The van der Waals surface area contributed by atoms with Gasteiger partial charge in [-0.1, -0.05) is 29.8 Å². The molecule has 2 rings (SSSR count). The van der Waals surface area contributed by atoms with Gasteiger partial charge in [0.2, 0.25) is 11.9 Å². The summed E-state index contributed by atoms with van der Waals surface area (Å²) >= 11 is 0. The van der Waals surface area contributed by atoms with Crippen molar-refractivity contribution in [2.45, 2.75) is 19.8 Å². The number of rotatable bonds is 6. The molecule has 0 fully saturated rings. The molecule has 0 aliphatic rings. The van der Waals surface area contributed by atoms with E-state index in [9.17, 15) is 4.79 Å². The third-order valence-electron chi connectivity index (χ3n) is 3.58. The van der Waals surface area contributed by atoms with Gasteiger partial charge in [0.05, 0.1) is 6.20 Å². The molecule has 6 heteroatoms. The van der Waals surface area contributed by atoms with Gasteiger partial charge < -0.3 is 15.1 Å². The summed E-state index contributed by atoms with van der Waals surface area (Å²) in [5, 5.41) is 2.92. The van der Waals surface area contributed by atoms with E-state index in [2.05, 4.69) is 34.3 Å². The van der Waals surface area contributed by atoms with Crippen LogP contribution in [0.3, 0.4) is 0 Å². The number of nitrogens with zero attached hydrogens (tertiary/aromatic N) is 4. The minimum Gasteiger partial charge on any atom is -0.361 e.